The molecule has 186 valence electrons. The first-order chi connectivity index (χ1) is 18.0. The molecule has 1 aliphatic heterocycles. The molecule has 4 aromatic rings. The van der Waals surface area contributed by atoms with E-state index in [1.165, 1.54) is 11.3 Å². The quantitative estimate of drug-likeness (QED) is 0.243. The Morgan fingerprint density at radius 1 is 1.08 bits per heavy atom. The number of thiazole rings is 1. The van der Waals surface area contributed by atoms with Crippen molar-refractivity contribution in [2.45, 2.75) is 17.9 Å². The van der Waals surface area contributed by atoms with Crippen LogP contribution in [-0.2, 0) is 9.53 Å². The molecule has 0 radical (unpaired) electrons. The van der Waals surface area contributed by atoms with E-state index in [1.54, 1.807) is 35.4 Å². The first kappa shape index (κ1) is 25.3. The summed E-state index contributed by atoms with van der Waals surface area (Å²) in [7, 11) is 0. The van der Waals surface area contributed by atoms with Crippen molar-refractivity contribution in [2.75, 3.05) is 12.9 Å². The van der Waals surface area contributed by atoms with Gasteiger partial charge in [0, 0.05) is 15.5 Å². The van der Waals surface area contributed by atoms with Crippen molar-refractivity contribution in [1.29, 1.82) is 0 Å². The Bertz CT molecular complexity index is 1660. The topological polar surface area (TPSA) is 60.7 Å². The number of ether oxygens (including phenoxy) is 1. The van der Waals surface area contributed by atoms with Crippen LogP contribution in [-0.4, -0.2) is 23.4 Å². The Balaban J connectivity index is 1.80. The minimum atomic E-state index is -0.719. The van der Waals surface area contributed by atoms with E-state index in [2.05, 4.69) is 0 Å². The number of carbonyl (C=O) groups excluding carboxylic acids is 1. The molecule has 5 rings (SSSR count). The monoisotopic (exact) mass is 546 g/mol. The molecule has 3 aromatic carbocycles. The predicted octanol–water partition coefficient (Wildman–Crippen LogP) is 5.31. The lowest BCUT2D eigenvalue weighted by atomic mass is 9.93. The number of rotatable bonds is 6. The van der Waals surface area contributed by atoms with Gasteiger partial charge >= 0.3 is 5.97 Å². The average molecular weight is 547 g/mol. The third kappa shape index (κ3) is 5.07. The van der Waals surface area contributed by atoms with E-state index in [4.69, 9.17) is 21.3 Å². The Kier molecular flexibility index (Phi) is 7.46. The van der Waals surface area contributed by atoms with Crippen LogP contribution in [0.25, 0.3) is 11.8 Å². The van der Waals surface area contributed by atoms with Crippen LogP contribution in [0.15, 0.2) is 99.1 Å². The van der Waals surface area contributed by atoms with Gasteiger partial charge in [-0.2, -0.15) is 0 Å². The molecule has 1 aliphatic rings. The van der Waals surface area contributed by atoms with E-state index in [9.17, 15) is 9.59 Å². The molecule has 0 fully saturated rings. The summed E-state index contributed by atoms with van der Waals surface area (Å²) >= 11 is 9.14. The summed E-state index contributed by atoms with van der Waals surface area (Å²) in [6.07, 6.45) is 3.89. The molecule has 0 amide bonds. The van der Waals surface area contributed by atoms with Crippen LogP contribution in [0.2, 0.25) is 5.02 Å². The predicted molar refractivity (Wildman–Crippen MR) is 151 cm³/mol. The fraction of sp³-hybridized carbons (Fsp3) is 0.138. The molecule has 0 bridgehead atoms. The molecule has 0 saturated heterocycles. The number of halogens is 1. The van der Waals surface area contributed by atoms with Crippen LogP contribution < -0.4 is 14.9 Å². The molecule has 0 saturated carbocycles. The molecular formula is C29H23ClN2O3S2. The zero-order chi connectivity index (χ0) is 25.9. The Hall–Kier alpha value is -3.39. The van der Waals surface area contributed by atoms with Crippen molar-refractivity contribution < 1.29 is 9.53 Å². The van der Waals surface area contributed by atoms with Crippen molar-refractivity contribution in [3.8, 4) is 0 Å². The highest BCUT2D eigenvalue weighted by atomic mass is 35.5. The average Bonchev–Trinajstić information content (AvgIpc) is 3.23. The van der Waals surface area contributed by atoms with E-state index >= 15 is 0 Å². The lowest BCUT2D eigenvalue weighted by Crippen LogP contribution is -2.40. The summed E-state index contributed by atoms with van der Waals surface area (Å²) < 4.78 is 7.61. The second-order valence-corrected chi connectivity index (χ2v) is 10.6. The molecule has 37 heavy (non-hydrogen) atoms. The standard InChI is InChI=1S/C29H23ClN2O3S2/c1-3-35-28(34)24-25(19-7-5-4-6-8-19)31-29-32(26(24)20-11-13-21(30)14-12-20)27(33)23(37-29)17-18-9-15-22(36-2)16-10-18/h4-17,26H,3H2,1-2H3/b23-17-/t26-/m0/s1. The summed E-state index contributed by atoms with van der Waals surface area (Å²) in [6, 6.07) is 24.0. The third-order valence-electron chi connectivity index (χ3n) is 5.97. The van der Waals surface area contributed by atoms with E-state index in [1.807, 2.05) is 79.1 Å². The number of benzene rings is 3. The molecule has 0 spiro atoms. The second-order valence-electron chi connectivity index (χ2n) is 8.26. The van der Waals surface area contributed by atoms with Gasteiger partial charge in [0.2, 0.25) is 0 Å². The lowest BCUT2D eigenvalue weighted by molar-refractivity contribution is -0.138. The van der Waals surface area contributed by atoms with Crippen LogP contribution in [0.4, 0.5) is 0 Å². The van der Waals surface area contributed by atoms with Crippen LogP contribution in [0.3, 0.4) is 0 Å². The highest BCUT2D eigenvalue weighted by Gasteiger charge is 2.35. The summed E-state index contributed by atoms with van der Waals surface area (Å²) in [5.41, 5.74) is 3.03. The number of fused-ring (bicyclic) bond motifs is 1. The van der Waals surface area contributed by atoms with Gasteiger partial charge in [0.25, 0.3) is 5.56 Å². The highest BCUT2D eigenvalue weighted by molar-refractivity contribution is 7.98. The maximum Gasteiger partial charge on any atom is 0.338 e. The zero-order valence-corrected chi connectivity index (χ0v) is 22.6. The molecule has 0 aliphatic carbocycles. The fourth-order valence-corrected chi connectivity index (χ4v) is 5.79. The molecule has 1 aromatic heterocycles. The van der Waals surface area contributed by atoms with Gasteiger partial charge in [0.05, 0.1) is 28.5 Å². The number of aromatic nitrogens is 1. The molecule has 0 unspecified atom stereocenters. The number of esters is 1. The van der Waals surface area contributed by atoms with Gasteiger partial charge in [-0.1, -0.05) is 77.5 Å². The number of hydrogen-bond acceptors (Lipinski definition) is 6. The van der Waals surface area contributed by atoms with Gasteiger partial charge in [-0.05, 0) is 54.6 Å². The zero-order valence-electron chi connectivity index (χ0n) is 20.2. The molecular weight excluding hydrogens is 524 g/mol. The SMILES string of the molecule is CCOC(=O)C1=C(c2ccccc2)N=c2s/c(=C\c3ccc(SC)cc3)c(=O)n2[C@H]1c1ccc(Cl)cc1. The van der Waals surface area contributed by atoms with Crippen molar-refractivity contribution in [3.63, 3.8) is 0 Å². The van der Waals surface area contributed by atoms with Gasteiger partial charge in [-0.25, -0.2) is 9.79 Å². The van der Waals surface area contributed by atoms with Crippen molar-refractivity contribution in [3.05, 3.63) is 126 Å². The van der Waals surface area contributed by atoms with E-state index in [0.717, 1.165) is 21.6 Å². The van der Waals surface area contributed by atoms with Crippen molar-refractivity contribution in [1.82, 2.24) is 4.57 Å². The van der Waals surface area contributed by atoms with Crippen LogP contribution in [0.5, 0.6) is 0 Å². The molecule has 5 nitrogen and oxygen atoms in total. The van der Waals surface area contributed by atoms with Crippen LogP contribution in [0.1, 0.15) is 29.7 Å². The molecule has 0 N–H and O–H groups in total. The summed E-state index contributed by atoms with van der Waals surface area (Å²) in [6.45, 7) is 1.96. The largest absolute Gasteiger partial charge is 0.463 e. The number of nitrogens with zero attached hydrogens (tertiary/aromatic N) is 2. The summed E-state index contributed by atoms with van der Waals surface area (Å²) in [5, 5.41) is 0.565. The maximum absolute atomic E-state index is 13.8. The van der Waals surface area contributed by atoms with E-state index in [-0.39, 0.29) is 12.2 Å². The summed E-state index contributed by atoms with van der Waals surface area (Å²) in [5.74, 6) is -0.507. The molecule has 8 heteroatoms. The number of carbonyl (C=O) groups is 1. The third-order valence-corrected chi connectivity index (χ3v) is 7.95. The van der Waals surface area contributed by atoms with Gasteiger partial charge in [0.1, 0.15) is 0 Å². The Morgan fingerprint density at radius 3 is 2.43 bits per heavy atom. The first-order valence-electron chi connectivity index (χ1n) is 11.7. The second kappa shape index (κ2) is 10.9. The van der Waals surface area contributed by atoms with Crippen molar-refractivity contribution >= 4 is 52.4 Å². The van der Waals surface area contributed by atoms with Crippen LogP contribution in [0, 0.1) is 0 Å². The normalized spacial score (nSPS) is 15.3. The van der Waals surface area contributed by atoms with Gasteiger partial charge in [-0.3, -0.25) is 9.36 Å². The molecule has 1 atom stereocenters. The van der Waals surface area contributed by atoms with Crippen molar-refractivity contribution in [2.24, 2.45) is 4.99 Å². The van der Waals surface area contributed by atoms with Gasteiger partial charge in [-0.15, -0.1) is 11.8 Å². The van der Waals surface area contributed by atoms with Gasteiger partial charge in [0.15, 0.2) is 4.80 Å². The first-order valence-corrected chi connectivity index (χ1v) is 14.1. The number of hydrogen-bond donors (Lipinski definition) is 0. The number of thioether (sulfide) groups is 1. The van der Waals surface area contributed by atoms with Gasteiger partial charge < -0.3 is 4.74 Å². The Morgan fingerprint density at radius 2 is 1.78 bits per heavy atom. The maximum atomic E-state index is 13.8. The smallest absolute Gasteiger partial charge is 0.338 e. The highest BCUT2D eigenvalue weighted by Crippen LogP contribution is 2.35. The lowest BCUT2D eigenvalue weighted by Gasteiger charge is -2.25. The fourth-order valence-electron chi connectivity index (χ4n) is 4.25. The summed E-state index contributed by atoms with van der Waals surface area (Å²) in [4.78, 5) is 33.8. The minimum absolute atomic E-state index is 0.203. The minimum Gasteiger partial charge on any atom is -0.463 e. The van der Waals surface area contributed by atoms with Crippen LogP contribution >= 0.6 is 34.7 Å². The Labute approximate surface area is 227 Å². The van der Waals surface area contributed by atoms with E-state index < -0.39 is 12.0 Å². The van der Waals surface area contributed by atoms with E-state index in [0.29, 0.717) is 25.6 Å². The molecule has 2 heterocycles.